The molecule has 150 valence electrons. The molecular formula is C19H14ClF6NO. The monoisotopic (exact) mass is 421 g/mol. The van der Waals surface area contributed by atoms with E-state index in [0.29, 0.717) is 17.7 Å². The summed E-state index contributed by atoms with van der Waals surface area (Å²) < 4.78 is 81.1. The first kappa shape index (κ1) is 20.5. The summed E-state index contributed by atoms with van der Waals surface area (Å²) >= 11 is 5.68. The van der Waals surface area contributed by atoms with Gasteiger partial charge in [0.2, 0.25) is 0 Å². The third kappa shape index (κ3) is 3.57. The average molecular weight is 422 g/mol. The number of oxime groups is 1. The molecule has 0 fully saturated rings. The molecular weight excluding hydrogens is 408 g/mol. The summed E-state index contributed by atoms with van der Waals surface area (Å²) in [6.45, 7) is 3.63. The Labute approximate surface area is 161 Å². The molecule has 2 aromatic carbocycles. The van der Waals surface area contributed by atoms with Crippen LogP contribution in [-0.2, 0) is 16.6 Å². The van der Waals surface area contributed by atoms with Crippen LogP contribution in [0, 0.1) is 13.8 Å². The molecule has 28 heavy (non-hydrogen) atoms. The van der Waals surface area contributed by atoms with Gasteiger partial charge in [-0.15, -0.1) is 0 Å². The van der Waals surface area contributed by atoms with Crippen LogP contribution < -0.4 is 0 Å². The predicted octanol–water partition coefficient (Wildman–Crippen LogP) is 6.56. The summed E-state index contributed by atoms with van der Waals surface area (Å²) in [5.41, 5.74) is -2.90. The van der Waals surface area contributed by atoms with Crippen LogP contribution in [-0.4, -0.2) is 11.9 Å². The van der Waals surface area contributed by atoms with E-state index in [4.69, 9.17) is 16.4 Å². The minimum absolute atomic E-state index is 0.00559. The molecule has 9 heteroatoms. The number of hydrogen-bond donors (Lipinski definition) is 0. The Hall–Kier alpha value is -2.22. The van der Waals surface area contributed by atoms with Gasteiger partial charge in [-0.05, 0) is 54.8 Å². The third-order valence-electron chi connectivity index (χ3n) is 4.72. The van der Waals surface area contributed by atoms with E-state index in [1.54, 1.807) is 25.1 Å². The number of halogens is 7. The minimum Gasteiger partial charge on any atom is -0.374 e. The Kier molecular flexibility index (Phi) is 4.90. The lowest BCUT2D eigenvalue weighted by Crippen LogP contribution is -2.42. The van der Waals surface area contributed by atoms with E-state index in [1.165, 1.54) is 0 Å². The summed E-state index contributed by atoms with van der Waals surface area (Å²) in [5.74, 6) is 0. The Balaban J connectivity index is 2.08. The second kappa shape index (κ2) is 6.69. The summed E-state index contributed by atoms with van der Waals surface area (Å²) in [5, 5.41) is 3.09. The number of nitrogens with zero attached hydrogens (tertiary/aromatic N) is 1. The van der Waals surface area contributed by atoms with Crippen molar-refractivity contribution >= 4 is 17.3 Å². The van der Waals surface area contributed by atoms with Gasteiger partial charge in [-0.25, -0.2) is 0 Å². The number of alkyl halides is 6. The zero-order valence-electron chi connectivity index (χ0n) is 14.7. The van der Waals surface area contributed by atoms with Gasteiger partial charge in [-0.1, -0.05) is 28.9 Å². The molecule has 1 unspecified atom stereocenters. The van der Waals surface area contributed by atoms with Crippen LogP contribution in [0.1, 0.15) is 34.2 Å². The first-order valence-electron chi connectivity index (χ1n) is 8.11. The van der Waals surface area contributed by atoms with Crippen LogP contribution in [0.2, 0.25) is 5.02 Å². The molecule has 1 aliphatic rings. The van der Waals surface area contributed by atoms with E-state index in [1.807, 2.05) is 6.92 Å². The van der Waals surface area contributed by atoms with Gasteiger partial charge in [0.15, 0.2) is 0 Å². The van der Waals surface area contributed by atoms with E-state index in [2.05, 4.69) is 5.16 Å². The molecule has 0 saturated carbocycles. The zero-order valence-corrected chi connectivity index (χ0v) is 15.4. The highest BCUT2D eigenvalue weighted by molar-refractivity contribution is 6.30. The minimum atomic E-state index is -5.02. The molecule has 0 N–H and O–H groups in total. The van der Waals surface area contributed by atoms with Gasteiger partial charge in [0.1, 0.15) is 0 Å². The highest BCUT2D eigenvalue weighted by Crippen LogP contribution is 2.50. The summed E-state index contributed by atoms with van der Waals surface area (Å²) in [4.78, 5) is 4.79. The third-order valence-corrected chi connectivity index (χ3v) is 4.94. The van der Waals surface area contributed by atoms with Crippen molar-refractivity contribution in [1.29, 1.82) is 0 Å². The number of benzene rings is 2. The fourth-order valence-corrected chi connectivity index (χ4v) is 3.20. The normalized spacial score (nSPS) is 20.1. The maximum Gasteiger partial charge on any atom is 0.435 e. The number of aryl methyl sites for hydroxylation is 2. The molecule has 2 nitrogen and oxygen atoms in total. The fourth-order valence-electron chi connectivity index (χ4n) is 2.97. The van der Waals surface area contributed by atoms with Gasteiger partial charge < -0.3 is 4.84 Å². The number of rotatable bonds is 2. The van der Waals surface area contributed by atoms with Crippen molar-refractivity contribution in [1.82, 2.24) is 0 Å². The lowest BCUT2D eigenvalue weighted by Gasteiger charge is -2.30. The summed E-state index contributed by atoms with van der Waals surface area (Å²) in [7, 11) is 0. The standard InChI is InChI=1S/C19H14ClF6NO/c1-10-3-4-12(5-11(10)2)16-9-17(28-27-16,19(24,25)26)13-6-14(18(21,22)23)8-15(20)7-13/h3-8H,9H2,1-2H3. The topological polar surface area (TPSA) is 21.6 Å². The van der Waals surface area contributed by atoms with Crippen molar-refractivity contribution in [2.45, 2.75) is 38.2 Å². The molecule has 1 atom stereocenters. The SMILES string of the molecule is Cc1ccc(C2=NOC(c3cc(Cl)cc(C(F)(F)F)c3)(C(F)(F)F)C2)cc1C. The van der Waals surface area contributed by atoms with Gasteiger partial charge in [0.25, 0.3) is 5.60 Å². The molecule has 0 bridgehead atoms. The highest BCUT2D eigenvalue weighted by atomic mass is 35.5. The highest BCUT2D eigenvalue weighted by Gasteiger charge is 2.62. The first-order valence-corrected chi connectivity index (χ1v) is 8.49. The smallest absolute Gasteiger partial charge is 0.374 e. The van der Waals surface area contributed by atoms with Crippen LogP contribution in [0.15, 0.2) is 41.6 Å². The van der Waals surface area contributed by atoms with Crippen molar-refractivity contribution in [3.8, 4) is 0 Å². The van der Waals surface area contributed by atoms with E-state index < -0.39 is 40.5 Å². The summed E-state index contributed by atoms with van der Waals surface area (Å²) in [6.07, 6.45) is -10.6. The Bertz CT molecular complexity index is 950. The van der Waals surface area contributed by atoms with Gasteiger partial charge >= 0.3 is 12.4 Å². The van der Waals surface area contributed by atoms with Crippen molar-refractivity contribution < 1.29 is 31.2 Å². The average Bonchev–Trinajstić information content (AvgIpc) is 3.02. The van der Waals surface area contributed by atoms with E-state index in [-0.39, 0.29) is 5.71 Å². The second-order valence-corrected chi connectivity index (χ2v) is 7.09. The molecule has 0 spiro atoms. The van der Waals surface area contributed by atoms with Crippen LogP contribution in [0.3, 0.4) is 0 Å². The van der Waals surface area contributed by atoms with Crippen molar-refractivity contribution in [2.75, 3.05) is 0 Å². The van der Waals surface area contributed by atoms with Crippen molar-refractivity contribution in [3.63, 3.8) is 0 Å². The molecule has 0 aliphatic carbocycles. The van der Waals surface area contributed by atoms with Crippen LogP contribution in [0.4, 0.5) is 26.3 Å². The van der Waals surface area contributed by atoms with Crippen molar-refractivity contribution in [3.05, 3.63) is 69.2 Å². The van der Waals surface area contributed by atoms with Crippen LogP contribution >= 0.6 is 11.6 Å². The van der Waals surface area contributed by atoms with Gasteiger partial charge in [0, 0.05) is 17.0 Å². The Morgan fingerprint density at radius 2 is 1.64 bits per heavy atom. The molecule has 0 saturated heterocycles. The van der Waals surface area contributed by atoms with E-state index >= 15 is 0 Å². The zero-order chi connectivity index (χ0) is 20.9. The molecule has 0 radical (unpaired) electrons. The largest absolute Gasteiger partial charge is 0.435 e. The molecule has 2 aromatic rings. The van der Waals surface area contributed by atoms with E-state index in [0.717, 1.165) is 17.2 Å². The molecule has 1 aliphatic heterocycles. The maximum absolute atomic E-state index is 14.0. The summed E-state index contributed by atoms with van der Waals surface area (Å²) in [6, 6.07) is 6.76. The first-order chi connectivity index (χ1) is 12.8. The fraction of sp³-hybridized carbons (Fsp3) is 0.316. The van der Waals surface area contributed by atoms with Crippen molar-refractivity contribution in [2.24, 2.45) is 5.16 Å². The quantitative estimate of drug-likeness (QED) is 0.503. The van der Waals surface area contributed by atoms with Gasteiger partial charge in [-0.3, -0.25) is 0 Å². The lowest BCUT2D eigenvalue weighted by atomic mass is 9.85. The van der Waals surface area contributed by atoms with Crippen LogP contribution in [0.5, 0.6) is 0 Å². The van der Waals surface area contributed by atoms with E-state index in [9.17, 15) is 26.3 Å². The lowest BCUT2D eigenvalue weighted by molar-refractivity contribution is -0.276. The Morgan fingerprint density at radius 3 is 2.21 bits per heavy atom. The Morgan fingerprint density at radius 1 is 0.964 bits per heavy atom. The van der Waals surface area contributed by atoms with Gasteiger partial charge in [-0.2, -0.15) is 26.3 Å². The van der Waals surface area contributed by atoms with Gasteiger partial charge in [0.05, 0.1) is 11.3 Å². The molecule has 0 aromatic heterocycles. The molecule has 0 amide bonds. The molecule has 3 rings (SSSR count). The molecule has 1 heterocycles. The number of hydrogen-bond acceptors (Lipinski definition) is 2. The predicted molar refractivity (Wildman–Crippen MR) is 92.3 cm³/mol. The van der Waals surface area contributed by atoms with Crippen LogP contribution in [0.25, 0.3) is 0 Å². The second-order valence-electron chi connectivity index (χ2n) is 6.66. The maximum atomic E-state index is 14.0.